The van der Waals surface area contributed by atoms with Gasteiger partial charge in [-0.15, -0.1) is 0 Å². The number of amides is 1. The van der Waals surface area contributed by atoms with Gasteiger partial charge in [-0.25, -0.2) is 0 Å². The lowest BCUT2D eigenvalue weighted by molar-refractivity contribution is -0.138. The summed E-state index contributed by atoms with van der Waals surface area (Å²) >= 11 is 0. The summed E-state index contributed by atoms with van der Waals surface area (Å²) in [6.45, 7) is 8.05. The molecule has 1 unspecified atom stereocenters. The second kappa shape index (κ2) is 9.34. The number of nitrogens with zero attached hydrogens (tertiary/aromatic N) is 1. The summed E-state index contributed by atoms with van der Waals surface area (Å²) in [5.41, 5.74) is 0. The maximum absolute atomic E-state index is 12.1. The summed E-state index contributed by atoms with van der Waals surface area (Å²) < 4.78 is 5.47. The molecule has 1 saturated heterocycles. The van der Waals surface area contributed by atoms with Crippen molar-refractivity contribution >= 4 is 5.91 Å². The molecule has 0 aliphatic carbocycles. The van der Waals surface area contributed by atoms with Gasteiger partial charge in [-0.1, -0.05) is 26.7 Å². The van der Waals surface area contributed by atoms with E-state index < -0.39 is 0 Å². The molecule has 0 spiro atoms. The Hall–Kier alpha value is -0.610. The predicted molar refractivity (Wildman–Crippen MR) is 73.6 cm³/mol. The van der Waals surface area contributed by atoms with Crippen molar-refractivity contribution in [2.24, 2.45) is 0 Å². The standard InChI is InChI=1S/C14H28N2O2/c1-3-5-6-10-18-12-14(17)16(9-4-2)13-7-8-15-11-13/h13,15H,3-12H2,1-2H3. The van der Waals surface area contributed by atoms with E-state index in [-0.39, 0.29) is 12.5 Å². The minimum Gasteiger partial charge on any atom is -0.372 e. The number of carbonyl (C=O) groups excluding carboxylic acids is 1. The van der Waals surface area contributed by atoms with E-state index in [4.69, 9.17) is 4.74 Å². The van der Waals surface area contributed by atoms with Gasteiger partial charge in [-0.3, -0.25) is 4.79 Å². The van der Waals surface area contributed by atoms with Gasteiger partial charge >= 0.3 is 0 Å². The van der Waals surface area contributed by atoms with E-state index in [0.29, 0.717) is 12.6 Å². The van der Waals surface area contributed by atoms with Crippen LogP contribution < -0.4 is 5.32 Å². The Labute approximate surface area is 111 Å². The molecule has 0 aromatic carbocycles. The van der Waals surface area contributed by atoms with Crippen LogP contribution in [0.5, 0.6) is 0 Å². The average molecular weight is 256 g/mol. The Bertz CT molecular complexity index is 228. The maximum atomic E-state index is 12.1. The highest BCUT2D eigenvalue weighted by atomic mass is 16.5. The first kappa shape index (κ1) is 15.4. The summed E-state index contributed by atoms with van der Waals surface area (Å²) in [7, 11) is 0. The monoisotopic (exact) mass is 256 g/mol. The van der Waals surface area contributed by atoms with Crippen LogP contribution in [0.15, 0.2) is 0 Å². The van der Waals surface area contributed by atoms with Crippen molar-refractivity contribution in [3.63, 3.8) is 0 Å². The zero-order valence-electron chi connectivity index (χ0n) is 11.9. The second-order valence-electron chi connectivity index (χ2n) is 4.99. The molecule has 1 heterocycles. The van der Waals surface area contributed by atoms with Gasteiger partial charge in [0.1, 0.15) is 6.61 Å². The van der Waals surface area contributed by atoms with Gasteiger partial charge in [-0.2, -0.15) is 0 Å². The first-order chi connectivity index (χ1) is 8.79. The number of ether oxygens (including phenoxy) is 1. The summed E-state index contributed by atoms with van der Waals surface area (Å²) in [6, 6.07) is 0.372. The van der Waals surface area contributed by atoms with Gasteiger partial charge in [0.15, 0.2) is 0 Å². The van der Waals surface area contributed by atoms with Crippen LogP contribution in [0.1, 0.15) is 46.0 Å². The zero-order chi connectivity index (χ0) is 13.2. The lowest BCUT2D eigenvalue weighted by Crippen LogP contribution is -2.43. The molecule has 4 nitrogen and oxygen atoms in total. The Morgan fingerprint density at radius 3 is 2.78 bits per heavy atom. The predicted octanol–water partition coefficient (Wildman–Crippen LogP) is 1.79. The Morgan fingerprint density at radius 1 is 1.33 bits per heavy atom. The lowest BCUT2D eigenvalue weighted by atomic mass is 10.2. The molecule has 0 saturated carbocycles. The third-order valence-corrected chi connectivity index (χ3v) is 3.38. The molecular weight excluding hydrogens is 228 g/mol. The highest BCUT2D eigenvalue weighted by Gasteiger charge is 2.25. The molecule has 18 heavy (non-hydrogen) atoms. The van der Waals surface area contributed by atoms with Crippen LogP contribution in [0.4, 0.5) is 0 Å². The van der Waals surface area contributed by atoms with Crippen molar-refractivity contribution in [1.82, 2.24) is 10.2 Å². The number of hydrogen-bond acceptors (Lipinski definition) is 3. The van der Waals surface area contributed by atoms with Crippen molar-refractivity contribution in [2.45, 2.75) is 52.0 Å². The van der Waals surface area contributed by atoms with E-state index in [2.05, 4.69) is 19.2 Å². The van der Waals surface area contributed by atoms with Crippen LogP contribution in [0, 0.1) is 0 Å². The van der Waals surface area contributed by atoms with E-state index >= 15 is 0 Å². The topological polar surface area (TPSA) is 41.6 Å². The van der Waals surface area contributed by atoms with Crippen molar-refractivity contribution in [1.29, 1.82) is 0 Å². The van der Waals surface area contributed by atoms with Crippen molar-refractivity contribution in [3.05, 3.63) is 0 Å². The van der Waals surface area contributed by atoms with E-state index in [1.165, 1.54) is 12.8 Å². The smallest absolute Gasteiger partial charge is 0.248 e. The third kappa shape index (κ3) is 5.36. The highest BCUT2D eigenvalue weighted by molar-refractivity contribution is 5.77. The van der Waals surface area contributed by atoms with Crippen molar-refractivity contribution < 1.29 is 9.53 Å². The van der Waals surface area contributed by atoms with Crippen molar-refractivity contribution in [2.75, 3.05) is 32.8 Å². The first-order valence-electron chi connectivity index (χ1n) is 7.37. The summed E-state index contributed by atoms with van der Waals surface area (Å²) in [5.74, 6) is 0.155. The zero-order valence-corrected chi connectivity index (χ0v) is 11.9. The van der Waals surface area contributed by atoms with Gasteiger partial charge in [-0.05, 0) is 25.8 Å². The van der Waals surface area contributed by atoms with E-state index in [1.807, 2.05) is 4.90 Å². The van der Waals surface area contributed by atoms with Crippen LogP contribution >= 0.6 is 0 Å². The van der Waals surface area contributed by atoms with Gasteiger partial charge in [0, 0.05) is 25.7 Å². The number of carbonyl (C=O) groups is 1. The molecule has 1 aliphatic heterocycles. The molecule has 0 bridgehead atoms. The molecule has 1 N–H and O–H groups in total. The van der Waals surface area contributed by atoms with Gasteiger partial charge < -0.3 is 15.0 Å². The third-order valence-electron chi connectivity index (χ3n) is 3.38. The molecule has 1 rings (SSSR count). The molecular formula is C14H28N2O2. The Morgan fingerprint density at radius 2 is 2.17 bits per heavy atom. The quantitative estimate of drug-likeness (QED) is 0.640. The molecule has 0 aromatic rings. The maximum Gasteiger partial charge on any atom is 0.248 e. The van der Waals surface area contributed by atoms with Gasteiger partial charge in [0.2, 0.25) is 5.91 Å². The molecule has 1 amide bonds. The largest absolute Gasteiger partial charge is 0.372 e. The fourth-order valence-corrected chi connectivity index (χ4v) is 2.35. The number of unbranched alkanes of at least 4 members (excludes halogenated alkanes) is 2. The summed E-state index contributed by atoms with van der Waals surface area (Å²) in [4.78, 5) is 14.1. The normalized spacial score (nSPS) is 19.1. The van der Waals surface area contributed by atoms with Crippen LogP contribution in [-0.4, -0.2) is 49.7 Å². The first-order valence-corrected chi connectivity index (χ1v) is 7.37. The fourth-order valence-electron chi connectivity index (χ4n) is 2.35. The van der Waals surface area contributed by atoms with E-state index in [9.17, 15) is 4.79 Å². The second-order valence-corrected chi connectivity index (χ2v) is 4.99. The lowest BCUT2D eigenvalue weighted by Gasteiger charge is -2.28. The molecule has 1 atom stereocenters. The average Bonchev–Trinajstić information content (AvgIpc) is 2.89. The molecule has 106 valence electrons. The summed E-state index contributed by atoms with van der Waals surface area (Å²) in [5, 5.41) is 3.32. The van der Waals surface area contributed by atoms with Gasteiger partial charge in [0.25, 0.3) is 0 Å². The Kier molecular flexibility index (Phi) is 8.01. The van der Waals surface area contributed by atoms with Crippen LogP contribution in [0.25, 0.3) is 0 Å². The van der Waals surface area contributed by atoms with Crippen LogP contribution in [0.2, 0.25) is 0 Å². The van der Waals surface area contributed by atoms with Crippen LogP contribution in [-0.2, 0) is 9.53 Å². The number of rotatable bonds is 9. The van der Waals surface area contributed by atoms with Crippen molar-refractivity contribution in [3.8, 4) is 0 Å². The molecule has 4 heteroatoms. The number of hydrogen-bond donors (Lipinski definition) is 1. The van der Waals surface area contributed by atoms with Crippen LogP contribution in [0.3, 0.4) is 0 Å². The minimum absolute atomic E-state index is 0.155. The fraction of sp³-hybridized carbons (Fsp3) is 0.929. The minimum atomic E-state index is 0.155. The summed E-state index contributed by atoms with van der Waals surface area (Å²) in [6.07, 6.45) is 5.51. The van der Waals surface area contributed by atoms with E-state index in [0.717, 1.165) is 38.9 Å². The van der Waals surface area contributed by atoms with Gasteiger partial charge in [0.05, 0.1) is 0 Å². The highest BCUT2D eigenvalue weighted by Crippen LogP contribution is 2.10. The molecule has 0 aromatic heterocycles. The SMILES string of the molecule is CCCCCOCC(=O)N(CCC)C1CCNC1. The molecule has 1 fully saturated rings. The number of nitrogens with one attached hydrogen (secondary N) is 1. The molecule has 1 aliphatic rings. The van der Waals surface area contributed by atoms with E-state index in [1.54, 1.807) is 0 Å². The Balaban J connectivity index is 2.25. The molecule has 0 radical (unpaired) electrons.